The molecule has 0 radical (unpaired) electrons. The first-order valence-corrected chi connectivity index (χ1v) is 5.91. The summed E-state index contributed by atoms with van der Waals surface area (Å²) in [4.78, 5) is 0. The highest BCUT2D eigenvalue weighted by molar-refractivity contribution is 5.27. The molecular formula is C14H21N. The lowest BCUT2D eigenvalue weighted by atomic mass is 9.61. The van der Waals surface area contributed by atoms with Crippen molar-refractivity contribution in [2.75, 3.05) is 0 Å². The molecule has 1 aromatic carbocycles. The predicted molar refractivity (Wildman–Crippen MR) is 64.6 cm³/mol. The third-order valence-corrected chi connectivity index (χ3v) is 4.12. The molecule has 0 saturated heterocycles. The zero-order chi connectivity index (χ0) is 10.9. The van der Waals surface area contributed by atoms with Gasteiger partial charge < -0.3 is 5.73 Å². The third kappa shape index (κ3) is 1.69. The molecule has 2 N–H and O–H groups in total. The number of hydrogen-bond acceptors (Lipinski definition) is 1. The molecule has 0 aliphatic heterocycles. The monoisotopic (exact) mass is 203 g/mol. The number of nitrogens with two attached hydrogens (primary N) is 1. The zero-order valence-corrected chi connectivity index (χ0v) is 9.79. The van der Waals surface area contributed by atoms with Gasteiger partial charge in [0.2, 0.25) is 0 Å². The molecule has 1 fully saturated rings. The van der Waals surface area contributed by atoms with E-state index in [0.29, 0.717) is 0 Å². The average Bonchev–Trinajstić information content (AvgIpc) is 2.24. The van der Waals surface area contributed by atoms with Crippen LogP contribution >= 0.6 is 0 Å². The summed E-state index contributed by atoms with van der Waals surface area (Å²) in [5, 5.41) is 0. The minimum atomic E-state index is -0.132. The highest BCUT2D eigenvalue weighted by Crippen LogP contribution is 2.48. The quantitative estimate of drug-likeness (QED) is 0.743. The fraction of sp³-hybridized carbons (Fsp3) is 0.571. The standard InChI is InChI=1S/C14H21N/c1-13(2)10-6-7-11-14(13,15)12-8-4-3-5-9-12/h3-5,8-9H,6-7,10-11,15H2,1-2H3. The van der Waals surface area contributed by atoms with Crippen molar-refractivity contribution in [2.45, 2.75) is 45.1 Å². The smallest absolute Gasteiger partial charge is 0.0461 e. The first-order valence-electron chi connectivity index (χ1n) is 5.91. The molecule has 1 saturated carbocycles. The van der Waals surface area contributed by atoms with Crippen molar-refractivity contribution in [3.63, 3.8) is 0 Å². The van der Waals surface area contributed by atoms with E-state index in [9.17, 15) is 0 Å². The van der Waals surface area contributed by atoms with E-state index in [2.05, 4.69) is 44.2 Å². The van der Waals surface area contributed by atoms with Crippen molar-refractivity contribution in [3.8, 4) is 0 Å². The van der Waals surface area contributed by atoms with Gasteiger partial charge in [0.1, 0.15) is 0 Å². The van der Waals surface area contributed by atoms with Crippen LogP contribution in [0.5, 0.6) is 0 Å². The van der Waals surface area contributed by atoms with Crippen LogP contribution in [0.2, 0.25) is 0 Å². The van der Waals surface area contributed by atoms with Gasteiger partial charge in [-0.25, -0.2) is 0 Å². The first kappa shape index (κ1) is 10.7. The maximum atomic E-state index is 6.66. The van der Waals surface area contributed by atoms with Crippen LogP contribution in [0.1, 0.15) is 45.1 Å². The Bertz CT molecular complexity index is 328. The van der Waals surface area contributed by atoms with E-state index in [1.165, 1.54) is 24.8 Å². The van der Waals surface area contributed by atoms with Crippen LogP contribution in [-0.4, -0.2) is 0 Å². The van der Waals surface area contributed by atoms with Crippen LogP contribution in [0.25, 0.3) is 0 Å². The van der Waals surface area contributed by atoms with Gasteiger partial charge >= 0.3 is 0 Å². The molecular weight excluding hydrogens is 182 g/mol. The number of hydrogen-bond donors (Lipinski definition) is 1. The number of rotatable bonds is 1. The van der Waals surface area contributed by atoms with Crippen molar-refractivity contribution in [1.29, 1.82) is 0 Å². The molecule has 0 amide bonds. The maximum absolute atomic E-state index is 6.66. The van der Waals surface area contributed by atoms with Gasteiger partial charge in [-0.05, 0) is 23.8 Å². The van der Waals surface area contributed by atoms with E-state index >= 15 is 0 Å². The second-order valence-corrected chi connectivity index (χ2v) is 5.43. The van der Waals surface area contributed by atoms with Gasteiger partial charge in [-0.3, -0.25) is 0 Å². The summed E-state index contributed by atoms with van der Waals surface area (Å²) in [7, 11) is 0. The fourth-order valence-electron chi connectivity index (χ4n) is 2.80. The lowest BCUT2D eigenvalue weighted by molar-refractivity contribution is 0.0978. The van der Waals surface area contributed by atoms with Gasteiger partial charge in [0, 0.05) is 5.54 Å². The Morgan fingerprint density at radius 2 is 1.60 bits per heavy atom. The Balaban J connectivity index is 2.40. The van der Waals surface area contributed by atoms with Gasteiger partial charge in [-0.15, -0.1) is 0 Å². The van der Waals surface area contributed by atoms with E-state index in [-0.39, 0.29) is 11.0 Å². The molecule has 1 aliphatic carbocycles. The van der Waals surface area contributed by atoms with Crippen LogP contribution in [0.4, 0.5) is 0 Å². The molecule has 82 valence electrons. The van der Waals surface area contributed by atoms with Gasteiger partial charge in [0.15, 0.2) is 0 Å². The molecule has 15 heavy (non-hydrogen) atoms. The summed E-state index contributed by atoms with van der Waals surface area (Å²) in [6.45, 7) is 4.61. The molecule has 0 spiro atoms. The molecule has 1 nitrogen and oxygen atoms in total. The second-order valence-electron chi connectivity index (χ2n) is 5.43. The van der Waals surface area contributed by atoms with E-state index in [0.717, 1.165) is 6.42 Å². The maximum Gasteiger partial charge on any atom is 0.0461 e. The Morgan fingerprint density at radius 1 is 1.00 bits per heavy atom. The SMILES string of the molecule is CC1(C)CCCCC1(N)c1ccccc1. The van der Waals surface area contributed by atoms with Crippen molar-refractivity contribution < 1.29 is 0 Å². The fourth-order valence-corrected chi connectivity index (χ4v) is 2.80. The minimum Gasteiger partial charge on any atom is -0.321 e. The van der Waals surface area contributed by atoms with E-state index in [1.54, 1.807) is 0 Å². The predicted octanol–water partition coefficient (Wildman–Crippen LogP) is 3.44. The van der Waals surface area contributed by atoms with E-state index in [4.69, 9.17) is 5.73 Å². The van der Waals surface area contributed by atoms with Crippen LogP contribution in [0.3, 0.4) is 0 Å². The molecule has 1 heteroatoms. The minimum absolute atomic E-state index is 0.132. The van der Waals surface area contributed by atoms with E-state index < -0.39 is 0 Å². The Morgan fingerprint density at radius 3 is 2.20 bits per heavy atom. The van der Waals surface area contributed by atoms with Crippen LogP contribution in [-0.2, 0) is 5.54 Å². The summed E-state index contributed by atoms with van der Waals surface area (Å²) < 4.78 is 0. The molecule has 1 unspecified atom stereocenters. The summed E-state index contributed by atoms with van der Waals surface area (Å²) in [5.74, 6) is 0. The third-order valence-electron chi connectivity index (χ3n) is 4.12. The lowest BCUT2D eigenvalue weighted by Gasteiger charge is -2.48. The van der Waals surface area contributed by atoms with Gasteiger partial charge in [0.25, 0.3) is 0 Å². The van der Waals surface area contributed by atoms with Crippen molar-refractivity contribution in [3.05, 3.63) is 35.9 Å². The van der Waals surface area contributed by atoms with Crippen LogP contribution in [0, 0.1) is 5.41 Å². The van der Waals surface area contributed by atoms with Crippen molar-refractivity contribution in [1.82, 2.24) is 0 Å². The second kappa shape index (κ2) is 3.64. The highest BCUT2D eigenvalue weighted by Gasteiger charge is 2.44. The van der Waals surface area contributed by atoms with Crippen molar-refractivity contribution >= 4 is 0 Å². The average molecular weight is 203 g/mol. The number of benzene rings is 1. The van der Waals surface area contributed by atoms with Crippen LogP contribution < -0.4 is 5.73 Å². The molecule has 0 aromatic heterocycles. The molecule has 0 bridgehead atoms. The Kier molecular flexibility index (Phi) is 2.59. The molecule has 2 rings (SSSR count). The van der Waals surface area contributed by atoms with Crippen molar-refractivity contribution in [2.24, 2.45) is 11.1 Å². The van der Waals surface area contributed by atoms with Gasteiger partial charge in [-0.1, -0.05) is 57.0 Å². The summed E-state index contributed by atoms with van der Waals surface area (Å²) in [5.41, 5.74) is 8.04. The highest BCUT2D eigenvalue weighted by atomic mass is 14.8. The first-order chi connectivity index (χ1) is 7.06. The summed E-state index contributed by atoms with van der Waals surface area (Å²) in [6.07, 6.45) is 4.93. The largest absolute Gasteiger partial charge is 0.321 e. The Hall–Kier alpha value is -0.820. The summed E-state index contributed by atoms with van der Waals surface area (Å²) in [6, 6.07) is 10.6. The zero-order valence-electron chi connectivity index (χ0n) is 9.79. The van der Waals surface area contributed by atoms with Crippen LogP contribution in [0.15, 0.2) is 30.3 Å². The molecule has 1 atom stereocenters. The lowest BCUT2D eigenvalue weighted by Crippen LogP contribution is -2.51. The van der Waals surface area contributed by atoms with E-state index in [1.807, 2.05) is 0 Å². The molecule has 1 aliphatic rings. The summed E-state index contributed by atoms with van der Waals surface area (Å²) >= 11 is 0. The molecule has 0 heterocycles. The normalized spacial score (nSPS) is 30.1. The Labute approximate surface area is 92.7 Å². The molecule has 1 aromatic rings. The van der Waals surface area contributed by atoms with Gasteiger partial charge in [-0.2, -0.15) is 0 Å². The van der Waals surface area contributed by atoms with Gasteiger partial charge in [0.05, 0.1) is 0 Å². The topological polar surface area (TPSA) is 26.0 Å².